The van der Waals surface area contributed by atoms with Crippen molar-refractivity contribution in [2.24, 2.45) is 0 Å². The van der Waals surface area contributed by atoms with Crippen molar-refractivity contribution in [1.82, 2.24) is 0 Å². The first kappa shape index (κ1) is 25.8. The molecule has 39 heavy (non-hydrogen) atoms. The first-order chi connectivity index (χ1) is 19.1. The summed E-state index contributed by atoms with van der Waals surface area (Å²) in [6, 6.07) is 44.1. The Morgan fingerprint density at radius 3 is 1.56 bits per heavy atom. The zero-order valence-electron chi connectivity index (χ0n) is 20.9. The first-order valence-corrected chi connectivity index (χ1v) is 14.3. The molecule has 0 saturated heterocycles. The van der Waals surface area contributed by atoms with Crippen LogP contribution in [0.1, 0.15) is 5.56 Å². The third-order valence-electron chi connectivity index (χ3n) is 6.41. The number of ether oxygens (including phenoxy) is 2. The molecule has 0 aliphatic heterocycles. The second kappa shape index (κ2) is 11.7. The lowest BCUT2D eigenvalue weighted by molar-refractivity contribution is -0.384. The normalized spacial score (nSPS) is 11.0. The number of rotatable bonds is 8. The number of para-hydroxylation sites is 1. The number of hydrogen-bond donors (Lipinski definition) is 0. The van der Waals surface area contributed by atoms with Crippen LogP contribution in [0.3, 0.4) is 0 Å². The van der Waals surface area contributed by atoms with Crippen molar-refractivity contribution in [2.45, 2.75) is 6.16 Å². The second-order valence-corrected chi connectivity index (χ2v) is 12.3. The van der Waals surface area contributed by atoms with E-state index in [9.17, 15) is 14.9 Å². The number of carbonyl (C=O) groups is 1. The first-order valence-electron chi connectivity index (χ1n) is 12.3. The molecule has 0 amide bonds. The molecule has 0 aromatic heterocycles. The fraction of sp³-hybridized carbons (Fsp3) is 0.0312. The molecule has 7 heteroatoms. The Labute approximate surface area is 227 Å². The maximum Gasteiger partial charge on any atom is 0.519 e. The number of nitro groups is 1. The summed E-state index contributed by atoms with van der Waals surface area (Å²) < 4.78 is 11.0. The molecule has 0 aliphatic carbocycles. The van der Waals surface area contributed by atoms with Crippen LogP contribution < -0.4 is 25.4 Å². The zero-order chi connectivity index (χ0) is 27.1. The summed E-state index contributed by atoms with van der Waals surface area (Å²) in [6.45, 7) is 0. The Kier molecular flexibility index (Phi) is 7.76. The molecule has 0 bridgehead atoms. The maximum absolute atomic E-state index is 12.8. The third-order valence-corrected chi connectivity index (χ3v) is 10.8. The Morgan fingerprint density at radius 2 is 1.08 bits per heavy atom. The average molecular weight is 535 g/mol. The van der Waals surface area contributed by atoms with Gasteiger partial charge in [0.2, 0.25) is 0 Å². The summed E-state index contributed by atoms with van der Waals surface area (Å²) in [5.41, 5.74) is 0.771. The summed E-state index contributed by atoms with van der Waals surface area (Å²) in [7, 11) is -2.22. The van der Waals surface area contributed by atoms with Gasteiger partial charge in [0.05, 0.1) is 4.92 Å². The molecule has 5 rings (SSSR count). The monoisotopic (exact) mass is 534 g/mol. The topological polar surface area (TPSA) is 78.7 Å². The van der Waals surface area contributed by atoms with Crippen molar-refractivity contribution in [2.75, 3.05) is 0 Å². The Hall–Kier alpha value is -4.80. The third kappa shape index (κ3) is 5.71. The molecule has 0 aliphatic rings. The molecular formula is C32H25NO5P+. The number of hydrogen-bond acceptors (Lipinski definition) is 5. The number of benzene rings is 5. The Balaban J connectivity index is 1.53. The van der Waals surface area contributed by atoms with Gasteiger partial charge >= 0.3 is 6.16 Å². The van der Waals surface area contributed by atoms with E-state index >= 15 is 0 Å². The van der Waals surface area contributed by atoms with E-state index in [-0.39, 0.29) is 11.4 Å². The summed E-state index contributed by atoms with van der Waals surface area (Å²) in [5.74, 6) is 0.555. The van der Waals surface area contributed by atoms with Crippen LogP contribution in [0.15, 0.2) is 140 Å². The van der Waals surface area contributed by atoms with Crippen LogP contribution in [-0.2, 0) is 6.16 Å². The molecule has 192 valence electrons. The van der Waals surface area contributed by atoms with E-state index in [1.54, 1.807) is 6.07 Å². The molecule has 0 unspecified atom stereocenters. The smallest absolute Gasteiger partial charge is 0.395 e. The predicted molar refractivity (Wildman–Crippen MR) is 155 cm³/mol. The predicted octanol–water partition coefficient (Wildman–Crippen LogP) is 6.67. The highest BCUT2D eigenvalue weighted by atomic mass is 31.2. The Morgan fingerprint density at radius 1 is 0.615 bits per heavy atom. The van der Waals surface area contributed by atoms with Crippen molar-refractivity contribution < 1.29 is 19.2 Å². The van der Waals surface area contributed by atoms with Gasteiger partial charge in [0.15, 0.2) is 0 Å². The van der Waals surface area contributed by atoms with Crippen LogP contribution >= 0.6 is 7.26 Å². The van der Waals surface area contributed by atoms with E-state index in [1.165, 1.54) is 40.2 Å². The van der Waals surface area contributed by atoms with E-state index in [0.717, 1.165) is 5.56 Å². The van der Waals surface area contributed by atoms with Crippen LogP contribution in [-0.4, -0.2) is 11.1 Å². The fourth-order valence-corrected chi connectivity index (χ4v) is 8.86. The van der Waals surface area contributed by atoms with E-state index in [1.807, 2.05) is 36.4 Å². The van der Waals surface area contributed by atoms with Crippen LogP contribution in [0.4, 0.5) is 10.5 Å². The molecule has 0 N–H and O–H groups in total. The standard InChI is InChI=1S/C32H25NO5P/c34-32(37-27-22-20-26(21-23-27)33(35)36)38-31-19-11-10-12-25(31)24-39(28-13-4-1-5-14-28,29-15-6-2-7-16-29)30-17-8-3-9-18-30/h1-23H,24H2/q+1. The minimum absolute atomic E-state index is 0.0934. The molecule has 0 spiro atoms. The molecule has 6 nitrogen and oxygen atoms in total. The van der Waals surface area contributed by atoms with Gasteiger partial charge in [0, 0.05) is 17.7 Å². The summed E-state index contributed by atoms with van der Waals surface area (Å²) in [6.07, 6.45) is -0.300. The maximum atomic E-state index is 12.8. The minimum Gasteiger partial charge on any atom is -0.395 e. The van der Waals surface area contributed by atoms with E-state index in [2.05, 4.69) is 72.8 Å². The molecule has 0 fully saturated rings. The van der Waals surface area contributed by atoms with E-state index < -0.39 is 18.3 Å². The quantitative estimate of drug-likeness (QED) is 0.0731. The van der Waals surface area contributed by atoms with Gasteiger partial charge in [-0.2, -0.15) is 0 Å². The van der Waals surface area contributed by atoms with Crippen LogP contribution in [0.5, 0.6) is 11.5 Å². The molecule has 5 aromatic rings. The SMILES string of the molecule is O=C(Oc1ccc([N+](=O)[O-])cc1)Oc1ccccc1C[P+](c1ccccc1)(c1ccccc1)c1ccccc1. The van der Waals surface area contributed by atoms with E-state index in [0.29, 0.717) is 11.9 Å². The van der Waals surface area contributed by atoms with Crippen LogP contribution in [0.25, 0.3) is 0 Å². The van der Waals surface area contributed by atoms with Crippen molar-refractivity contribution >= 4 is 35.0 Å². The fourth-order valence-electron chi connectivity index (χ4n) is 4.60. The van der Waals surface area contributed by atoms with Crippen molar-refractivity contribution in [3.05, 3.63) is 155 Å². The van der Waals surface area contributed by atoms with Gasteiger partial charge in [0.1, 0.15) is 40.8 Å². The van der Waals surface area contributed by atoms with Gasteiger partial charge in [0.25, 0.3) is 5.69 Å². The molecule has 0 heterocycles. The van der Waals surface area contributed by atoms with Gasteiger partial charge in [-0.3, -0.25) is 10.1 Å². The van der Waals surface area contributed by atoms with Crippen LogP contribution in [0.2, 0.25) is 0 Å². The van der Waals surface area contributed by atoms with Crippen molar-refractivity contribution in [3.63, 3.8) is 0 Å². The summed E-state index contributed by atoms with van der Waals surface area (Å²) >= 11 is 0. The van der Waals surface area contributed by atoms with E-state index in [4.69, 9.17) is 9.47 Å². The van der Waals surface area contributed by atoms with Crippen molar-refractivity contribution in [3.8, 4) is 11.5 Å². The number of non-ortho nitro benzene ring substituents is 1. The molecule has 0 radical (unpaired) electrons. The zero-order valence-corrected chi connectivity index (χ0v) is 21.8. The van der Waals surface area contributed by atoms with Gasteiger partial charge in [-0.15, -0.1) is 0 Å². The Bertz CT molecular complexity index is 1460. The highest BCUT2D eigenvalue weighted by Crippen LogP contribution is 2.59. The van der Waals surface area contributed by atoms with Gasteiger partial charge in [-0.25, -0.2) is 4.79 Å². The van der Waals surface area contributed by atoms with Gasteiger partial charge in [-0.1, -0.05) is 72.8 Å². The largest absolute Gasteiger partial charge is 0.519 e. The molecule has 0 atom stereocenters. The second-order valence-electron chi connectivity index (χ2n) is 8.79. The number of carbonyl (C=O) groups excluding carboxylic acids is 1. The molecular weight excluding hydrogens is 509 g/mol. The highest BCUT2D eigenvalue weighted by Gasteiger charge is 2.46. The highest BCUT2D eigenvalue weighted by molar-refractivity contribution is 7.95. The number of nitro benzene ring substituents is 1. The lowest BCUT2D eigenvalue weighted by Crippen LogP contribution is -2.32. The number of nitrogens with zero attached hydrogens (tertiary/aromatic N) is 1. The molecule has 0 saturated carbocycles. The summed E-state index contributed by atoms with van der Waals surface area (Å²) in [4.78, 5) is 23.2. The molecule has 5 aromatic carbocycles. The van der Waals surface area contributed by atoms with Gasteiger partial charge in [-0.05, 0) is 54.6 Å². The summed E-state index contributed by atoms with van der Waals surface area (Å²) in [5, 5.41) is 14.6. The average Bonchev–Trinajstić information content (AvgIpc) is 2.98. The van der Waals surface area contributed by atoms with Gasteiger partial charge < -0.3 is 9.47 Å². The van der Waals surface area contributed by atoms with Crippen molar-refractivity contribution in [1.29, 1.82) is 0 Å². The lowest BCUT2D eigenvalue weighted by atomic mass is 10.2. The minimum atomic E-state index is -2.22. The lowest BCUT2D eigenvalue weighted by Gasteiger charge is -2.28. The van der Waals surface area contributed by atoms with Crippen LogP contribution in [0, 0.1) is 10.1 Å².